The molecule has 0 aliphatic carbocycles. The molecule has 0 amide bonds. The van der Waals surface area contributed by atoms with Gasteiger partial charge in [-0.3, -0.25) is 4.90 Å². The Bertz CT molecular complexity index is 763. The van der Waals surface area contributed by atoms with Crippen LogP contribution < -0.4 is 4.74 Å². The van der Waals surface area contributed by atoms with Gasteiger partial charge in [0.15, 0.2) is 0 Å². The number of hydrogen-bond donors (Lipinski definition) is 1. The second-order valence-corrected chi connectivity index (χ2v) is 7.37. The minimum atomic E-state index is -0.601. The molecule has 2 aromatic rings. The molecule has 0 bridgehead atoms. The van der Waals surface area contributed by atoms with Gasteiger partial charge in [-0.2, -0.15) is 0 Å². The predicted octanol–water partition coefficient (Wildman–Crippen LogP) is 3.99. The molecule has 2 unspecified atom stereocenters. The number of halogens is 2. The highest BCUT2D eigenvalue weighted by molar-refractivity contribution is 5.85. The molecule has 1 N–H and O–H groups in total. The van der Waals surface area contributed by atoms with Gasteiger partial charge in [-0.25, -0.2) is 4.39 Å². The van der Waals surface area contributed by atoms with Crippen LogP contribution in [0, 0.1) is 26.6 Å². The van der Waals surface area contributed by atoms with Crippen LogP contribution in [0.15, 0.2) is 36.4 Å². The van der Waals surface area contributed by atoms with E-state index in [9.17, 15) is 9.50 Å². The maximum atomic E-state index is 13.5. The number of nitrogens with zero attached hydrogens (tertiary/aromatic N) is 1. The Labute approximate surface area is 172 Å². The molecule has 1 aliphatic heterocycles. The summed E-state index contributed by atoms with van der Waals surface area (Å²) in [7, 11) is 0. The lowest BCUT2D eigenvalue weighted by Gasteiger charge is -2.34. The molecule has 3 rings (SSSR count). The Morgan fingerprint density at radius 3 is 2.61 bits per heavy atom. The zero-order chi connectivity index (χ0) is 19.4. The van der Waals surface area contributed by atoms with Crippen molar-refractivity contribution < 1.29 is 19.0 Å². The molecular weight excluding hydrogens is 381 g/mol. The minimum Gasteiger partial charge on any atom is -0.490 e. The van der Waals surface area contributed by atoms with Crippen LogP contribution in [0.5, 0.6) is 5.75 Å². The fourth-order valence-electron chi connectivity index (χ4n) is 3.70. The zero-order valence-corrected chi connectivity index (χ0v) is 17.5. The largest absolute Gasteiger partial charge is 0.490 e. The van der Waals surface area contributed by atoms with Crippen LogP contribution in [0.25, 0.3) is 0 Å². The third-order valence-electron chi connectivity index (χ3n) is 4.86. The number of aliphatic hydroxyl groups excluding tert-OH is 1. The first-order valence-corrected chi connectivity index (χ1v) is 9.40. The van der Waals surface area contributed by atoms with E-state index in [1.54, 1.807) is 6.07 Å². The molecular formula is C22H29ClFNO3. The highest BCUT2D eigenvalue weighted by Gasteiger charge is 2.24. The average molecular weight is 410 g/mol. The van der Waals surface area contributed by atoms with Gasteiger partial charge in [0.05, 0.1) is 12.7 Å². The Hall–Kier alpha value is -1.66. The number of ether oxygens (including phenoxy) is 2. The number of β-amino-alcohol motifs (C(OH)–C–C–N with tert-alkyl or cyclic N) is 1. The van der Waals surface area contributed by atoms with E-state index in [0.29, 0.717) is 19.7 Å². The van der Waals surface area contributed by atoms with E-state index in [0.717, 1.165) is 29.0 Å². The molecule has 1 aliphatic rings. The molecule has 28 heavy (non-hydrogen) atoms. The van der Waals surface area contributed by atoms with E-state index < -0.39 is 6.10 Å². The third kappa shape index (κ3) is 5.92. The quantitative estimate of drug-likeness (QED) is 0.783. The number of benzene rings is 2. The van der Waals surface area contributed by atoms with Crippen LogP contribution in [0.1, 0.15) is 28.4 Å². The highest BCUT2D eigenvalue weighted by atomic mass is 35.5. The van der Waals surface area contributed by atoms with E-state index in [1.807, 2.05) is 19.9 Å². The standard InChI is InChI=1S/C22H28FNO3.ClH/c1-15-9-16(2)22(17(3)10-15)27-14-20(25)12-24-7-8-26-21(13-24)18-5-4-6-19(23)11-18;/h4-6,9-11,20-21,25H,7-8,12-14H2,1-3H3;1H. The van der Waals surface area contributed by atoms with Crippen molar-refractivity contribution in [1.82, 2.24) is 4.90 Å². The molecule has 2 aromatic carbocycles. The second-order valence-electron chi connectivity index (χ2n) is 7.37. The van der Waals surface area contributed by atoms with Crippen molar-refractivity contribution in [3.63, 3.8) is 0 Å². The summed E-state index contributed by atoms with van der Waals surface area (Å²) in [6, 6.07) is 10.7. The van der Waals surface area contributed by atoms with E-state index in [-0.39, 0.29) is 30.9 Å². The van der Waals surface area contributed by atoms with Crippen molar-refractivity contribution in [3.05, 3.63) is 64.5 Å². The number of aryl methyl sites for hydroxylation is 3. The lowest BCUT2D eigenvalue weighted by atomic mass is 10.1. The molecule has 0 saturated carbocycles. The molecule has 0 spiro atoms. The molecule has 4 nitrogen and oxygen atoms in total. The van der Waals surface area contributed by atoms with Gasteiger partial charge in [0.1, 0.15) is 24.3 Å². The van der Waals surface area contributed by atoms with E-state index >= 15 is 0 Å². The van der Waals surface area contributed by atoms with Crippen molar-refractivity contribution in [1.29, 1.82) is 0 Å². The summed E-state index contributed by atoms with van der Waals surface area (Å²) in [4.78, 5) is 2.14. The Morgan fingerprint density at radius 2 is 1.93 bits per heavy atom. The molecule has 0 aromatic heterocycles. The summed E-state index contributed by atoms with van der Waals surface area (Å²) in [5.41, 5.74) is 4.19. The summed E-state index contributed by atoms with van der Waals surface area (Å²) in [5, 5.41) is 10.4. The SMILES string of the molecule is Cc1cc(C)c(OCC(O)CN2CCOC(c3cccc(F)c3)C2)c(C)c1.Cl. The number of aliphatic hydroxyl groups is 1. The van der Waals surface area contributed by atoms with Gasteiger partial charge in [-0.1, -0.05) is 29.8 Å². The first kappa shape index (κ1) is 22.6. The van der Waals surface area contributed by atoms with Crippen LogP contribution >= 0.6 is 12.4 Å². The van der Waals surface area contributed by atoms with Gasteiger partial charge in [-0.15, -0.1) is 12.4 Å². The first-order chi connectivity index (χ1) is 12.9. The van der Waals surface area contributed by atoms with Crippen LogP contribution in [-0.4, -0.2) is 49.0 Å². The Balaban J connectivity index is 0.00000280. The van der Waals surface area contributed by atoms with Crippen LogP contribution in [0.2, 0.25) is 0 Å². The summed E-state index contributed by atoms with van der Waals surface area (Å²) in [5.74, 6) is 0.588. The fraction of sp³-hybridized carbons (Fsp3) is 0.455. The van der Waals surface area contributed by atoms with Crippen molar-refractivity contribution in [2.45, 2.75) is 33.0 Å². The van der Waals surface area contributed by atoms with Gasteiger partial charge in [0, 0.05) is 19.6 Å². The molecule has 154 valence electrons. The minimum absolute atomic E-state index is 0. The van der Waals surface area contributed by atoms with Crippen molar-refractivity contribution >= 4 is 12.4 Å². The van der Waals surface area contributed by atoms with Crippen molar-refractivity contribution in [3.8, 4) is 5.75 Å². The molecule has 0 radical (unpaired) electrons. The van der Waals surface area contributed by atoms with Gasteiger partial charge in [-0.05, 0) is 49.6 Å². The number of rotatable bonds is 6. The average Bonchev–Trinajstić information content (AvgIpc) is 2.61. The maximum absolute atomic E-state index is 13.5. The first-order valence-electron chi connectivity index (χ1n) is 9.40. The number of morpholine rings is 1. The molecule has 1 saturated heterocycles. The van der Waals surface area contributed by atoms with Crippen molar-refractivity contribution in [2.24, 2.45) is 0 Å². The highest BCUT2D eigenvalue weighted by Crippen LogP contribution is 2.25. The number of hydrogen-bond acceptors (Lipinski definition) is 4. The summed E-state index contributed by atoms with van der Waals surface area (Å²) in [6.07, 6.45) is -0.777. The second kappa shape index (κ2) is 10.2. The normalized spacial score (nSPS) is 18.4. The monoisotopic (exact) mass is 409 g/mol. The summed E-state index contributed by atoms with van der Waals surface area (Å²) >= 11 is 0. The van der Waals surface area contributed by atoms with Gasteiger partial charge >= 0.3 is 0 Å². The summed E-state index contributed by atoms with van der Waals surface area (Å²) in [6.45, 7) is 8.78. The predicted molar refractivity (Wildman–Crippen MR) is 111 cm³/mol. The van der Waals surface area contributed by atoms with Crippen molar-refractivity contribution in [2.75, 3.05) is 32.8 Å². The van der Waals surface area contributed by atoms with Crippen LogP contribution in [-0.2, 0) is 4.74 Å². The molecule has 1 heterocycles. The zero-order valence-electron chi connectivity index (χ0n) is 16.7. The fourth-order valence-corrected chi connectivity index (χ4v) is 3.70. The Kier molecular flexibility index (Phi) is 8.25. The summed E-state index contributed by atoms with van der Waals surface area (Å²) < 4.78 is 25.1. The lowest BCUT2D eigenvalue weighted by Crippen LogP contribution is -2.43. The van der Waals surface area contributed by atoms with Crippen LogP contribution in [0.3, 0.4) is 0 Å². The van der Waals surface area contributed by atoms with Gasteiger partial charge < -0.3 is 14.6 Å². The van der Waals surface area contributed by atoms with E-state index in [4.69, 9.17) is 9.47 Å². The topological polar surface area (TPSA) is 41.9 Å². The molecule has 1 fully saturated rings. The molecule has 6 heteroatoms. The van der Waals surface area contributed by atoms with Crippen LogP contribution in [0.4, 0.5) is 4.39 Å². The van der Waals surface area contributed by atoms with E-state index in [1.165, 1.54) is 17.7 Å². The Morgan fingerprint density at radius 1 is 1.21 bits per heavy atom. The smallest absolute Gasteiger partial charge is 0.125 e. The lowest BCUT2D eigenvalue weighted by molar-refractivity contribution is -0.0460. The van der Waals surface area contributed by atoms with E-state index in [2.05, 4.69) is 24.0 Å². The van der Waals surface area contributed by atoms with Gasteiger partial charge in [0.2, 0.25) is 0 Å². The molecule has 2 atom stereocenters. The third-order valence-corrected chi connectivity index (χ3v) is 4.86. The van der Waals surface area contributed by atoms with Gasteiger partial charge in [0.25, 0.3) is 0 Å². The maximum Gasteiger partial charge on any atom is 0.125 e.